The first-order valence-electron chi connectivity index (χ1n) is 7.89. The highest BCUT2D eigenvalue weighted by Gasteiger charge is 2.47. The fourth-order valence-corrected chi connectivity index (χ4v) is 3.38. The molecule has 3 heterocycles. The predicted octanol–water partition coefficient (Wildman–Crippen LogP) is 2.00. The first-order chi connectivity index (χ1) is 10.8. The van der Waals surface area contributed by atoms with Gasteiger partial charge in [-0.2, -0.15) is 0 Å². The molecule has 5 nitrogen and oxygen atoms in total. The van der Waals surface area contributed by atoms with Gasteiger partial charge in [-0.1, -0.05) is 6.07 Å². The van der Waals surface area contributed by atoms with Crippen LogP contribution in [0, 0.1) is 0 Å². The second-order valence-electron chi connectivity index (χ2n) is 6.17. The molecule has 2 aromatic rings. The van der Waals surface area contributed by atoms with Gasteiger partial charge in [0.15, 0.2) is 0 Å². The maximum Gasteiger partial charge on any atom is 0.225 e. The molecule has 1 saturated heterocycles. The maximum atomic E-state index is 12.5. The Hall–Kier alpha value is -2.14. The monoisotopic (exact) mass is 296 g/mol. The summed E-state index contributed by atoms with van der Waals surface area (Å²) >= 11 is 0. The number of pyridine rings is 1. The summed E-state index contributed by atoms with van der Waals surface area (Å²) in [6, 6.07) is 6.77. The predicted molar refractivity (Wildman–Crippen MR) is 82.9 cm³/mol. The maximum absolute atomic E-state index is 12.5. The second kappa shape index (κ2) is 5.57. The number of likely N-dealkylation sites (tertiary alicyclic amines) is 1. The summed E-state index contributed by atoms with van der Waals surface area (Å²) in [4.78, 5) is 21.9. The van der Waals surface area contributed by atoms with Crippen LogP contribution in [0.4, 0.5) is 0 Å². The van der Waals surface area contributed by atoms with Crippen LogP contribution in [0.2, 0.25) is 0 Å². The van der Waals surface area contributed by atoms with Crippen molar-refractivity contribution >= 4 is 5.91 Å². The molecule has 0 radical (unpaired) electrons. The van der Waals surface area contributed by atoms with E-state index in [0.717, 1.165) is 24.9 Å². The highest BCUT2D eigenvalue weighted by atomic mass is 16.2. The van der Waals surface area contributed by atoms with Crippen LogP contribution in [0.3, 0.4) is 0 Å². The first-order valence-corrected chi connectivity index (χ1v) is 7.89. The Morgan fingerprint density at radius 2 is 2.27 bits per heavy atom. The van der Waals surface area contributed by atoms with Crippen molar-refractivity contribution in [2.24, 2.45) is 0 Å². The number of hydrogen-bond donors (Lipinski definition) is 2. The van der Waals surface area contributed by atoms with Crippen LogP contribution >= 0.6 is 0 Å². The van der Waals surface area contributed by atoms with E-state index in [9.17, 15) is 4.79 Å². The van der Waals surface area contributed by atoms with E-state index in [4.69, 9.17) is 0 Å². The zero-order valence-electron chi connectivity index (χ0n) is 12.4. The van der Waals surface area contributed by atoms with Gasteiger partial charge in [0, 0.05) is 49.8 Å². The lowest BCUT2D eigenvalue weighted by atomic mass is 10.0. The summed E-state index contributed by atoms with van der Waals surface area (Å²) in [6.07, 6.45) is 10.4. The van der Waals surface area contributed by atoms with Gasteiger partial charge in [-0.15, -0.1) is 0 Å². The number of aromatic nitrogens is 2. The molecule has 1 amide bonds. The standard InChI is InChI=1S/C17H20N4O/c22-16-8-15(20-10-12-5-7-19-9-12)17(21(16)14-3-4-14)13-2-1-6-18-11-13/h1-2,5-7,9,11,14-15,17,19-20H,3-4,8,10H2/t15-,17+/m1/s1. The Kier molecular flexibility index (Phi) is 3.42. The lowest BCUT2D eigenvalue weighted by Gasteiger charge is -2.29. The molecular formula is C17H20N4O. The van der Waals surface area contributed by atoms with Crippen LogP contribution in [0.1, 0.15) is 36.4 Å². The molecule has 2 fully saturated rings. The average Bonchev–Trinajstić information content (AvgIpc) is 3.13. The van der Waals surface area contributed by atoms with Crippen LogP contribution in [-0.2, 0) is 11.3 Å². The molecule has 4 rings (SSSR count). The zero-order valence-corrected chi connectivity index (χ0v) is 12.4. The van der Waals surface area contributed by atoms with E-state index in [1.807, 2.05) is 24.7 Å². The minimum atomic E-state index is 0.104. The fraction of sp³-hybridized carbons (Fsp3) is 0.412. The van der Waals surface area contributed by atoms with Gasteiger partial charge in [-0.05, 0) is 36.1 Å². The van der Waals surface area contributed by atoms with Gasteiger partial charge in [0.25, 0.3) is 0 Å². The summed E-state index contributed by atoms with van der Waals surface area (Å²) in [5, 5.41) is 3.57. The number of hydrogen-bond acceptors (Lipinski definition) is 3. The SMILES string of the molecule is O=C1C[C@@H](NCc2cc[nH]c2)[C@H](c2cccnc2)N1C1CC1. The molecule has 0 spiro atoms. The topological polar surface area (TPSA) is 61.0 Å². The molecule has 2 aliphatic rings. The number of carbonyl (C=O) groups is 1. The Bertz CT molecular complexity index is 636. The Balaban J connectivity index is 1.57. The third-order valence-corrected chi connectivity index (χ3v) is 4.56. The van der Waals surface area contributed by atoms with Crippen LogP contribution < -0.4 is 5.32 Å². The molecule has 22 heavy (non-hydrogen) atoms. The molecule has 0 unspecified atom stereocenters. The molecule has 1 aliphatic heterocycles. The van der Waals surface area contributed by atoms with E-state index >= 15 is 0 Å². The van der Waals surface area contributed by atoms with Crippen LogP contribution in [0.15, 0.2) is 43.0 Å². The van der Waals surface area contributed by atoms with Gasteiger partial charge < -0.3 is 15.2 Å². The van der Waals surface area contributed by atoms with E-state index in [1.165, 1.54) is 5.56 Å². The summed E-state index contributed by atoms with van der Waals surface area (Å²) in [6.45, 7) is 0.775. The van der Waals surface area contributed by atoms with Gasteiger partial charge in [0.05, 0.1) is 6.04 Å². The third-order valence-electron chi connectivity index (χ3n) is 4.56. The Morgan fingerprint density at radius 1 is 1.36 bits per heavy atom. The minimum Gasteiger partial charge on any atom is -0.367 e. The van der Waals surface area contributed by atoms with Crippen LogP contribution in [0.25, 0.3) is 0 Å². The quantitative estimate of drug-likeness (QED) is 0.887. The Morgan fingerprint density at radius 3 is 2.95 bits per heavy atom. The lowest BCUT2D eigenvalue weighted by Crippen LogP contribution is -2.37. The van der Waals surface area contributed by atoms with Gasteiger partial charge in [-0.3, -0.25) is 9.78 Å². The summed E-state index contributed by atoms with van der Waals surface area (Å²) in [7, 11) is 0. The number of aromatic amines is 1. The van der Waals surface area contributed by atoms with Gasteiger partial charge in [0.2, 0.25) is 5.91 Å². The van der Waals surface area contributed by atoms with E-state index in [-0.39, 0.29) is 18.0 Å². The normalized spacial score (nSPS) is 24.9. The molecule has 114 valence electrons. The molecule has 1 saturated carbocycles. The number of amides is 1. The Labute approximate surface area is 129 Å². The minimum absolute atomic E-state index is 0.104. The average molecular weight is 296 g/mol. The zero-order chi connectivity index (χ0) is 14.9. The smallest absolute Gasteiger partial charge is 0.225 e. The lowest BCUT2D eigenvalue weighted by molar-refractivity contribution is -0.129. The van der Waals surface area contributed by atoms with Crippen molar-refractivity contribution in [1.29, 1.82) is 0 Å². The summed E-state index contributed by atoms with van der Waals surface area (Å²) in [5.41, 5.74) is 2.34. The highest BCUT2D eigenvalue weighted by Crippen LogP contribution is 2.41. The van der Waals surface area contributed by atoms with E-state index < -0.39 is 0 Å². The van der Waals surface area contributed by atoms with Crippen molar-refractivity contribution in [3.05, 3.63) is 54.1 Å². The van der Waals surface area contributed by atoms with Gasteiger partial charge >= 0.3 is 0 Å². The molecule has 2 aromatic heterocycles. The molecule has 2 atom stereocenters. The van der Waals surface area contributed by atoms with E-state index in [1.54, 1.807) is 6.20 Å². The number of rotatable bonds is 5. The number of H-pyrrole nitrogens is 1. The van der Waals surface area contributed by atoms with Crippen LogP contribution in [0.5, 0.6) is 0 Å². The first kappa shape index (κ1) is 13.5. The van der Waals surface area contributed by atoms with E-state index in [0.29, 0.717) is 12.5 Å². The van der Waals surface area contributed by atoms with Crippen molar-refractivity contribution in [1.82, 2.24) is 20.2 Å². The number of carbonyl (C=O) groups excluding carboxylic acids is 1. The third kappa shape index (κ3) is 2.52. The molecule has 0 aromatic carbocycles. The molecule has 2 N–H and O–H groups in total. The van der Waals surface area contributed by atoms with Crippen molar-refractivity contribution in [2.75, 3.05) is 0 Å². The van der Waals surface area contributed by atoms with Crippen molar-refractivity contribution in [3.8, 4) is 0 Å². The highest BCUT2D eigenvalue weighted by molar-refractivity contribution is 5.81. The van der Waals surface area contributed by atoms with Gasteiger partial charge in [-0.25, -0.2) is 0 Å². The van der Waals surface area contributed by atoms with Crippen LogP contribution in [-0.4, -0.2) is 32.9 Å². The number of nitrogens with zero attached hydrogens (tertiary/aromatic N) is 2. The van der Waals surface area contributed by atoms with E-state index in [2.05, 4.69) is 32.3 Å². The van der Waals surface area contributed by atoms with Crippen molar-refractivity contribution < 1.29 is 4.79 Å². The molecule has 5 heteroatoms. The van der Waals surface area contributed by atoms with Gasteiger partial charge in [0.1, 0.15) is 0 Å². The summed E-state index contributed by atoms with van der Waals surface area (Å²) in [5.74, 6) is 0.267. The summed E-state index contributed by atoms with van der Waals surface area (Å²) < 4.78 is 0. The van der Waals surface area contributed by atoms with Crippen molar-refractivity contribution in [2.45, 2.75) is 43.9 Å². The fourth-order valence-electron chi connectivity index (χ4n) is 3.38. The largest absolute Gasteiger partial charge is 0.367 e. The molecule has 0 bridgehead atoms. The van der Waals surface area contributed by atoms with Crippen molar-refractivity contribution in [3.63, 3.8) is 0 Å². The molecule has 1 aliphatic carbocycles. The molecular weight excluding hydrogens is 276 g/mol. The second-order valence-corrected chi connectivity index (χ2v) is 6.17. The number of nitrogens with one attached hydrogen (secondary N) is 2.